The van der Waals surface area contributed by atoms with E-state index < -0.39 is 0 Å². The number of nitrogens with zero attached hydrogens (tertiary/aromatic N) is 2. The van der Waals surface area contributed by atoms with Crippen LogP contribution in [0.1, 0.15) is 70.4 Å². The fraction of sp³-hybridized carbons (Fsp3) is 0.273. The molecule has 2 nitrogen and oxygen atoms in total. The van der Waals surface area contributed by atoms with E-state index in [1.165, 1.54) is 110 Å². The van der Waals surface area contributed by atoms with E-state index in [0.29, 0.717) is 0 Å². The Labute approximate surface area is 279 Å². The van der Waals surface area contributed by atoms with Crippen LogP contribution in [0.3, 0.4) is 0 Å². The van der Waals surface area contributed by atoms with E-state index in [2.05, 4.69) is 140 Å². The summed E-state index contributed by atoms with van der Waals surface area (Å²) >= 11 is 0. The molecule has 0 amide bonds. The summed E-state index contributed by atoms with van der Waals surface area (Å²) in [5, 5.41) is 5.29. The zero-order valence-corrected chi connectivity index (χ0v) is 27.8. The maximum Gasteiger partial charge on any atom is 0.333 e. The van der Waals surface area contributed by atoms with E-state index in [1.54, 1.807) is 5.56 Å². The van der Waals surface area contributed by atoms with Crippen LogP contribution in [0.25, 0.3) is 32.7 Å². The van der Waals surface area contributed by atoms with E-state index in [0.717, 1.165) is 6.42 Å². The van der Waals surface area contributed by atoms with E-state index >= 15 is 0 Å². The fourth-order valence-electron chi connectivity index (χ4n) is 10.2. The molecule has 3 heterocycles. The molecule has 0 bridgehead atoms. The third-order valence-corrected chi connectivity index (χ3v) is 12.7. The third kappa shape index (κ3) is 3.53. The van der Waals surface area contributed by atoms with Gasteiger partial charge in [0.2, 0.25) is 0 Å². The van der Waals surface area contributed by atoms with Gasteiger partial charge in [-0.05, 0) is 112 Å². The van der Waals surface area contributed by atoms with Crippen LogP contribution in [-0.4, -0.2) is 12.4 Å². The zero-order chi connectivity index (χ0) is 31.5. The van der Waals surface area contributed by atoms with Gasteiger partial charge in [-0.2, -0.15) is 0 Å². The van der Waals surface area contributed by atoms with E-state index in [9.17, 15) is 0 Å². The number of anilines is 4. The number of para-hydroxylation sites is 1. The molecular weight excluding hydrogens is 567 g/mol. The lowest BCUT2D eigenvalue weighted by molar-refractivity contribution is 0.195. The Morgan fingerprint density at radius 3 is 2.23 bits per heavy atom. The smallest absolute Gasteiger partial charge is 0.333 e. The van der Waals surface area contributed by atoms with E-state index in [1.807, 2.05) is 0 Å². The Morgan fingerprint density at radius 1 is 0.723 bits per heavy atom. The Hall–Kier alpha value is -4.50. The number of fused-ring (bicyclic) bond motifs is 10. The summed E-state index contributed by atoms with van der Waals surface area (Å²) in [4.78, 5) is 5.57. The van der Waals surface area contributed by atoms with Gasteiger partial charge in [-0.3, -0.25) is 0 Å². The maximum atomic E-state index is 2.87. The first-order chi connectivity index (χ1) is 23.0. The predicted molar refractivity (Wildman–Crippen MR) is 202 cm³/mol. The van der Waals surface area contributed by atoms with Gasteiger partial charge in [-0.25, -0.2) is 0 Å². The van der Waals surface area contributed by atoms with Gasteiger partial charge < -0.3 is 9.71 Å². The third-order valence-electron chi connectivity index (χ3n) is 12.7. The number of benzene rings is 6. The predicted octanol–water partition coefficient (Wildman–Crippen LogP) is 10.3. The van der Waals surface area contributed by atoms with Gasteiger partial charge in [-0.1, -0.05) is 112 Å². The van der Waals surface area contributed by atoms with Crippen molar-refractivity contribution < 1.29 is 0 Å². The van der Waals surface area contributed by atoms with Crippen molar-refractivity contribution in [1.82, 2.24) is 0 Å². The van der Waals surface area contributed by atoms with Crippen LogP contribution in [0.4, 0.5) is 22.7 Å². The normalized spacial score (nSPS) is 21.9. The second-order valence-corrected chi connectivity index (χ2v) is 15.1. The number of aryl methyl sites for hydroxylation is 1. The first kappa shape index (κ1) is 27.6. The average Bonchev–Trinajstić information content (AvgIpc) is 3.32. The Kier molecular flexibility index (Phi) is 5.74. The summed E-state index contributed by atoms with van der Waals surface area (Å²) in [6, 6.07) is 42.1. The number of hydrogen-bond acceptors (Lipinski definition) is 2. The molecule has 0 spiro atoms. The monoisotopic (exact) mass is 608 g/mol. The fourth-order valence-corrected chi connectivity index (χ4v) is 10.2. The van der Waals surface area contributed by atoms with Gasteiger partial charge >= 0.3 is 6.85 Å². The number of hydrogen-bond donors (Lipinski definition) is 0. The van der Waals surface area contributed by atoms with Crippen molar-refractivity contribution in [2.75, 3.05) is 9.71 Å². The summed E-state index contributed by atoms with van der Waals surface area (Å²) < 4.78 is 0. The van der Waals surface area contributed by atoms with Crippen LogP contribution in [0.2, 0.25) is 0 Å². The first-order valence-electron chi connectivity index (χ1n) is 17.9. The summed E-state index contributed by atoms with van der Waals surface area (Å²) in [5.74, 6) is 0. The molecule has 4 aliphatic rings. The molecule has 6 aromatic carbocycles. The maximum absolute atomic E-state index is 2.87. The molecule has 1 fully saturated rings. The minimum absolute atomic E-state index is 0.0220. The Morgan fingerprint density at radius 2 is 1.43 bits per heavy atom. The molecule has 1 saturated carbocycles. The highest BCUT2D eigenvalue weighted by molar-refractivity contribution is 6.94. The summed E-state index contributed by atoms with van der Waals surface area (Å²) in [7, 11) is 0. The minimum atomic E-state index is 0.0220. The van der Waals surface area contributed by atoms with Gasteiger partial charge in [0, 0.05) is 33.7 Å². The Balaban J connectivity index is 1.40. The van der Waals surface area contributed by atoms with E-state index in [4.69, 9.17) is 0 Å². The highest BCUT2D eigenvalue weighted by atomic mass is 15.3. The molecule has 2 atom stereocenters. The van der Waals surface area contributed by atoms with Crippen LogP contribution in [0.15, 0.2) is 109 Å². The standard InChI is InChI=1S/C44H41BN2/c1-4-5-15-29-24-36-42-37(25-29)45-41-39(46(42)44(3)23-14-13-22-43(36,44)2)28-32-18-11-12-21-34(32)40(41)35-26-30-16-9-10-17-31(30)27-38(35)47(45)33-19-7-6-8-20-33/h6-12,16-21,24-28H,4-5,13-15,22-23H2,1-3H3. The van der Waals surface area contributed by atoms with Crippen LogP contribution in [0, 0.1) is 0 Å². The molecule has 2 unspecified atom stereocenters. The topological polar surface area (TPSA) is 6.48 Å². The van der Waals surface area contributed by atoms with Crippen molar-refractivity contribution >= 4 is 62.1 Å². The zero-order valence-electron chi connectivity index (χ0n) is 27.8. The molecule has 3 heteroatoms. The van der Waals surface area contributed by atoms with Crippen LogP contribution < -0.4 is 20.6 Å². The Bertz CT molecular complexity index is 2260. The summed E-state index contributed by atoms with van der Waals surface area (Å²) in [6.07, 6.45) is 8.65. The second kappa shape index (κ2) is 9.77. The minimum Gasteiger partial charge on any atom is -0.376 e. The lowest BCUT2D eigenvalue weighted by Gasteiger charge is -2.53. The molecule has 0 aromatic heterocycles. The molecule has 0 radical (unpaired) electrons. The van der Waals surface area contributed by atoms with Crippen molar-refractivity contribution in [3.8, 4) is 11.1 Å². The van der Waals surface area contributed by atoms with Crippen LogP contribution >= 0.6 is 0 Å². The van der Waals surface area contributed by atoms with E-state index in [-0.39, 0.29) is 17.8 Å². The van der Waals surface area contributed by atoms with Gasteiger partial charge in [-0.15, -0.1) is 0 Å². The first-order valence-corrected chi connectivity index (χ1v) is 17.9. The molecule has 230 valence electrons. The average molecular weight is 609 g/mol. The van der Waals surface area contributed by atoms with Gasteiger partial charge in [0.05, 0.1) is 5.54 Å². The molecule has 0 saturated heterocycles. The number of rotatable bonds is 4. The molecule has 3 aliphatic heterocycles. The van der Waals surface area contributed by atoms with Crippen molar-refractivity contribution in [2.45, 2.75) is 76.7 Å². The van der Waals surface area contributed by atoms with Gasteiger partial charge in [0.1, 0.15) is 0 Å². The molecular formula is C44H41BN2. The van der Waals surface area contributed by atoms with Crippen molar-refractivity contribution in [1.29, 1.82) is 0 Å². The molecule has 6 aromatic rings. The molecule has 0 N–H and O–H groups in total. The molecule has 47 heavy (non-hydrogen) atoms. The largest absolute Gasteiger partial charge is 0.376 e. The molecule has 1 aliphatic carbocycles. The van der Waals surface area contributed by atoms with Crippen LogP contribution in [0.5, 0.6) is 0 Å². The second-order valence-electron chi connectivity index (χ2n) is 15.1. The lowest BCUT2D eigenvalue weighted by Crippen LogP contribution is -2.64. The van der Waals surface area contributed by atoms with Gasteiger partial charge in [0.25, 0.3) is 0 Å². The molecule has 10 rings (SSSR count). The van der Waals surface area contributed by atoms with Crippen LogP contribution in [-0.2, 0) is 11.8 Å². The highest BCUT2D eigenvalue weighted by Crippen LogP contribution is 2.62. The van der Waals surface area contributed by atoms with Crippen molar-refractivity contribution in [3.63, 3.8) is 0 Å². The lowest BCUT2D eigenvalue weighted by atomic mass is 9.43. The summed E-state index contributed by atoms with van der Waals surface area (Å²) in [6.45, 7) is 7.62. The number of unbranched alkanes of at least 4 members (excludes halogenated alkanes) is 1. The summed E-state index contributed by atoms with van der Waals surface area (Å²) in [5.41, 5.74) is 14.5. The van der Waals surface area contributed by atoms with Gasteiger partial charge in [0.15, 0.2) is 0 Å². The van der Waals surface area contributed by atoms with Crippen molar-refractivity contribution in [3.05, 3.63) is 120 Å². The quantitative estimate of drug-likeness (QED) is 0.184. The highest BCUT2D eigenvalue weighted by Gasteiger charge is 2.61. The SMILES string of the molecule is CCCCc1cc2c3c(c1)C1(C)CCCCC1(C)N3c1cc3ccccc3c3c1B2N(c1ccccc1)c1cc2ccccc2cc1-3. The van der Waals surface area contributed by atoms with Crippen molar-refractivity contribution in [2.24, 2.45) is 0 Å².